The van der Waals surface area contributed by atoms with Gasteiger partial charge in [-0.25, -0.2) is 4.99 Å². The first-order valence-electron chi connectivity index (χ1n) is 9.73. The lowest BCUT2D eigenvalue weighted by molar-refractivity contribution is 0.499. The Labute approximate surface area is 156 Å². The van der Waals surface area contributed by atoms with Crippen molar-refractivity contribution in [2.45, 2.75) is 65.6 Å². The van der Waals surface area contributed by atoms with Gasteiger partial charge < -0.3 is 10.6 Å². The average Bonchev–Trinajstić information content (AvgIpc) is 3.05. The second-order valence-corrected chi connectivity index (χ2v) is 7.38. The molecule has 26 heavy (non-hydrogen) atoms. The molecule has 5 heteroatoms. The van der Waals surface area contributed by atoms with Gasteiger partial charge in [0, 0.05) is 31.2 Å². The van der Waals surface area contributed by atoms with E-state index in [0.29, 0.717) is 18.6 Å². The van der Waals surface area contributed by atoms with Crippen LogP contribution in [0.5, 0.6) is 0 Å². The summed E-state index contributed by atoms with van der Waals surface area (Å²) in [6.45, 7) is 10.2. The lowest BCUT2D eigenvalue weighted by Gasteiger charge is -2.24. The quantitative estimate of drug-likeness (QED) is 0.640. The Morgan fingerprint density at radius 2 is 2.15 bits per heavy atom. The molecule has 1 aromatic heterocycles. The van der Waals surface area contributed by atoms with E-state index in [9.17, 15) is 0 Å². The standard InChI is InChI=1S/C21H31N5/c1-5-22-21(23-13-17-9-7-6-8-16(17)4)24-19-11-10-18-14-26(15(2)3)25-20(18)12-19/h6-9,14-15,19H,5,10-13H2,1-4H3,(H2,22,23,24). The number of guanidine groups is 1. The highest BCUT2D eigenvalue weighted by atomic mass is 15.3. The number of hydrogen-bond acceptors (Lipinski definition) is 2. The number of nitrogens with zero attached hydrogens (tertiary/aromatic N) is 3. The molecule has 1 atom stereocenters. The van der Waals surface area contributed by atoms with Crippen LogP contribution >= 0.6 is 0 Å². The van der Waals surface area contributed by atoms with Crippen molar-refractivity contribution in [2.24, 2.45) is 4.99 Å². The summed E-state index contributed by atoms with van der Waals surface area (Å²) in [7, 11) is 0. The Bertz CT molecular complexity index is 760. The highest BCUT2D eigenvalue weighted by Crippen LogP contribution is 2.21. The van der Waals surface area contributed by atoms with Gasteiger partial charge in [-0.3, -0.25) is 4.68 Å². The molecule has 0 spiro atoms. The number of rotatable bonds is 5. The first-order valence-corrected chi connectivity index (χ1v) is 9.73. The predicted octanol–water partition coefficient (Wildman–Crippen LogP) is 3.39. The van der Waals surface area contributed by atoms with Crippen molar-refractivity contribution in [1.29, 1.82) is 0 Å². The summed E-state index contributed by atoms with van der Waals surface area (Å²) in [5.41, 5.74) is 5.19. The van der Waals surface area contributed by atoms with E-state index in [1.807, 2.05) is 0 Å². The van der Waals surface area contributed by atoms with E-state index in [4.69, 9.17) is 10.1 Å². The van der Waals surface area contributed by atoms with Crippen LogP contribution in [-0.4, -0.2) is 28.3 Å². The number of fused-ring (bicyclic) bond motifs is 1. The number of benzene rings is 1. The maximum absolute atomic E-state index is 4.80. The molecule has 1 aliphatic carbocycles. The van der Waals surface area contributed by atoms with E-state index in [-0.39, 0.29) is 0 Å². The summed E-state index contributed by atoms with van der Waals surface area (Å²) in [6, 6.07) is 9.23. The first kappa shape index (κ1) is 18.5. The molecular formula is C21H31N5. The monoisotopic (exact) mass is 353 g/mol. The number of aryl methyl sites for hydroxylation is 2. The molecular weight excluding hydrogens is 322 g/mol. The highest BCUT2D eigenvalue weighted by Gasteiger charge is 2.23. The molecule has 1 unspecified atom stereocenters. The van der Waals surface area contributed by atoms with E-state index < -0.39 is 0 Å². The molecule has 0 bridgehead atoms. The van der Waals surface area contributed by atoms with Gasteiger partial charge in [-0.15, -0.1) is 0 Å². The third-order valence-electron chi connectivity index (χ3n) is 4.98. The summed E-state index contributed by atoms with van der Waals surface area (Å²) >= 11 is 0. The minimum Gasteiger partial charge on any atom is -0.357 e. The van der Waals surface area contributed by atoms with Crippen LogP contribution in [0.3, 0.4) is 0 Å². The van der Waals surface area contributed by atoms with Crippen LogP contribution in [0.2, 0.25) is 0 Å². The molecule has 1 heterocycles. The number of hydrogen-bond donors (Lipinski definition) is 2. The Hall–Kier alpha value is -2.30. The van der Waals surface area contributed by atoms with Crippen LogP contribution in [-0.2, 0) is 19.4 Å². The molecule has 1 aromatic carbocycles. The minimum absolute atomic E-state index is 0.382. The average molecular weight is 354 g/mol. The van der Waals surface area contributed by atoms with Crippen molar-refractivity contribution in [2.75, 3.05) is 6.54 Å². The lowest BCUT2D eigenvalue weighted by Crippen LogP contribution is -2.45. The van der Waals surface area contributed by atoms with Crippen LogP contribution < -0.4 is 10.6 Å². The van der Waals surface area contributed by atoms with Crippen molar-refractivity contribution in [3.05, 3.63) is 52.8 Å². The lowest BCUT2D eigenvalue weighted by atomic mass is 9.94. The van der Waals surface area contributed by atoms with Gasteiger partial charge in [0.15, 0.2) is 5.96 Å². The van der Waals surface area contributed by atoms with Gasteiger partial charge in [-0.2, -0.15) is 5.10 Å². The normalized spacial score (nSPS) is 17.3. The van der Waals surface area contributed by atoms with Crippen molar-refractivity contribution in [3.63, 3.8) is 0 Å². The van der Waals surface area contributed by atoms with E-state index in [1.54, 1.807) is 0 Å². The zero-order valence-corrected chi connectivity index (χ0v) is 16.4. The summed E-state index contributed by atoms with van der Waals surface area (Å²) in [4.78, 5) is 4.80. The van der Waals surface area contributed by atoms with Crippen molar-refractivity contribution in [1.82, 2.24) is 20.4 Å². The van der Waals surface area contributed by atoms with Gasteiger partial charge in [-0.1, -0.05) is 24.3 Å². The molecule has 140 valence electrons. The summed E-state index contributed by atoms with van der Waals surface area (Å²) < 4.78 is 2.09. The van der Waals surface area contributed by atoms with Gasteiger partial charge in [0.1, 0.15) is 0 Å². The maximum Gasteiger partial charge on any atom is 0.191 e. The second kappa shape index (κ2) is 8.39. The predicted molar refractivity (Wildman–Crippen MR) is 108 cm³/mol. The van der Waals surface area contributed by atoms with Crippen molar-refractivity contribution in [3.8, 4) is 0 Å². The third kappa shape index (κ3) is 4.45. The second-order valence-electron chi connectivity index (χ2n) is 7.38. The van der Waals surface area contributed by atoms with Gasteiger partial charge in [0.25, 0.3) is 0 Å². The zero-order valence-electron chi connectivity index (χ0n) is 16.4. The number of nitrogens with one attached hydrogen (secondary N) is 2. The third-order valence-corrected chi connectivity index (χ3v) is 4.98. The topological polar surface area (TPSA) is 54.2 Å². The molecule has 2 aromatic rings. The van der Waals surface area contributed by atoms with E-state index in [1.165, 1.54) is 22.4 Å². The van der Waals surface area contributed by atoms with Gasteiger partial charge in [0.2, 0.25) is 0 Å². The summed E-state index contributed by atoms with van der Waals surface area (Å²) in [6.07, 6.45) is 5.38. The smallest absolute Gasteiger partial charge is 0.191 e. The molecule has 0 saturated heterocycles. The van der Waals surface area contributed by atoms with E-state index in [2.05, 4.69) is 73.5 Å². The minimum atomic E-state index is 0.382. The van der Waals surface area contributed by atoms with Crippen LogP contribution in [0.15, 0.2) is 35.5 Å². The first-order chi connectivity index (χ1) is 12.6. The van der Waals surface area contributed by atoms with Crippen LogP contribution in [0.25, 0.3) is 0 Å². The number of aromatic nitrogens is 2. The Kier molecular flexibility index (Phi) is 5.96. The van der Waals surface area contributed by atoms with Crippen LogP contribution in [0.4, 0.5) is 0 Å². The fourth-order valence-electron chi connectivity index (χ4n) is 3.37. The highest BCUT2D eigenvalue weighted by molar-refractivity contribution is 5.80. The van der Waals surface area contributed by atoms with Gasteiger partial charge >= 0.3 is 0 Å². The van der Waals surface area contributed by atoms with E-state index in [0.717, 1.165) is 31.8 Å². The molecule has 0 saturated carbocycles. The summed E-state index contributed by atoms with van der Waals surface area (Å²) in [5.74, 6) is 0.896. The van der Waals surface area contributed by atoms with Crippen molar-refractivity contribution >= 4 is 5.96 Å². The summed E-state index contributed by atoms with van der Waals surface area (Å²) in [5, 5.41) is 11.8. The molecule has 3 rings (SSSR count). The molecule has 1 aliphatic rings. The molecule has 0 aliphatic heterocycles. The molecule has 0 amide bonds. The van der Waals surface area contributed by atoms with Crippen LogP contribution in [0.1, 0.15) is 55.6 Å². The van der Waals surface area contributed by atoms with Crippen molar-refractivity contribution < 1.29 is 0 Å². The molecule has 5 nitrogen and oxygen atoms in total. The fourth-order valence-corrected chi connectivity index (χ4v) is 3.37. The Balaban J connectivity index is 1.66. The fraction of sp³-hybridized carbons (Fsp3) is 0.524. The molecule has 0 fully saturated rings. The number of aliphatic imine (C=N–C) groups is 1. The molecule has 2 N–H and O–H groups in total. The van der Waals surface area contributed by atoms with Crippen LogP contribution in [0, 0.1) is 6.92 Å². The zero-order chi connectivity index (χ0) is 18.5. The van der Waals surface area contributed by atoms with Gasteiger partial charge in [0.05, 0.1) is 12.2 Å². The Morgan fingerprint density at radius 1 is 1.35 bits per heavy atom. The largest absolute Gasteiger partial charge is 0.357 e. The van der Waals surface area contributed by atoms with E-state index >= 15 is 0 Å². The Morgan fingerprint density at radius 3 is 2.88 bits per heavy atom. The SMILES string of the molecule is CCNC(=NCc1ccccc1C)NC1CCc2cn(C(C)C)nc2C1. The maximum atomic E-state index is 4.80. The molecule has 0 radical (unpaired) electrons. The van der Waals surface area contributed by atoms with Gasteiger partial charge in [-0.05, 0) is 57.2 Å².